The lowest BCUT2D eigenvalue weighted by Gasteiger charge is -2.32. The van der Waals surface area contributed by atoms with Gasteiger partial charge in [-0.15, -0.1) is 11.3 Å². The molecule has 1 saturated heterocycles. The molecule has 2 heterocycles. The first kappa shape index (κ1) is 23.7. The lowest BCUT2D eigenvalue weighted by molar-refractivity contribution is -0.121. The second kappa shape index (κ2) is 10.1. The van der Waals surface area contributed by atoms with Crippen molar-refractivity contribution in [2.24, 2.45) is 5.92 Å². The van der Waals surface area contributed by atoms with E-state index >= 15 is 0 Å². The van der Waals surface area contributed by atoms with Crippen molar-refractivity contribution in [1.82, 2.24) is 15.0 Å². The predicted octanol–water partition coefficient (Wildman–Crippen LogP) is 3.08. The normalized spacial score (nSPS) is 17.0. The third-order valence-corrected chi connectivity index (χ3v) is 8.57. The van der Waals surface area contributed by atoms with E-state index < -0.39 is 10.0 Å². The Morgan fingerprint density at radius 1 is 1.23 bits per heavy atom. The number of carbonyl (C=O) groups is 1. The van der Waals surface area contributed by atoms with E-state index in [1.54, 1.807) is 11.3 Å². The molecule has 7 nitrogen and oxygen atoms in total. The van der Waals surface area contributed by atoms with Crippen LogP contribution in [0.4, 0.5) is 5.13 Å². The van der Waals surface area contributed by atoms with E-state index in [-0.39, 0.29) is 18.9 Å². The van der Waals surface area contributed by atoms with E-state index in [4.69, 9.17) is 0 Å². The van der Waals surface area contributed by atoms with E-state index in [2.05, 4.69) is 19.9 Å². The maximum absolute atomic E-state index is 12.9. The van der Waals surface area contributed by atoms with Crippen molar-refractivity contribution in [3.05, 3.63) is 39.9 Å². The summed E-state index contributed by atoms with van der Waals surface area (Å²) in [5, 5.41) is 5.97. The molecular formula is C22H32N4O3S2. The summed E-state index contributed by atoms with van der Waals surface area (Å²) in [4.78, 5) is 19.3. The highest BCUT2D eigenvalue weighted by Gasteiger charge is 2.23. The summed E-state index contributed by atoms with van der Waals surface area (Å²) >= 11 is 1.63. The van der Waals surface area contributed by atoms with Gasteiger partial charge in [-0.1, -0.05) is 6.07 Å². The van der Waals surface area contributed by atoms with Crippen LogP contribution >= 0.6 is 11.3 Å². The van der Waals surface area contributed by atoms with Crippen LogP contribution in [0.15, 0.2) is 22.5 Å². The average Bonchev–Trinajstić information content (AvgIpc) is 3.26. The number of hydrogen-bond donors (Lipinski definition) is 2. The second-order valence-electron chi connectivity index (χ2n) is 8.31. The Morgan fingerprint density at radius 2 is 1.94 bits per heavy atom. The number of nitrogens with one attached hydrogen (secondary N) is 2. The maximum Gasteiger partial charge on any atom is 0.241 e. The number of carbonyl (C=O) groups excluding carboxylic acids is 1. The van der Waals surface area contributed by atoms with Gasteiger partial charge in [0.1, 0.15) is 0 Å². The molecule has 0 radical (unpaired) electrons. The molecule has 1 amide bonds. The standard InChI is InChI=1S/C22H32N4O3S2/c1-15-12-16(2)18(4)21(17(15)3)31(28,29)25-8-7-20(27)24-13-19-6-5-10-26(14-19)22-23-9-11-30-22/h9,11-12,19,25H,5-8,10,13-14H2,1-4H3,(H,24,27). The highest BCUT2D eigenvalue weighted by atomic mass is 32.2. The largest absolute Gasteiger partial charge is 0.356 e. The van der Waals surface area contributed by atoms with Gasteiger partial charge in [-0.05, 0) is 68.7 Å². The van der Waals surface area contributed by atoms with Crippen molar-refractivity contribution < 1.29 is 13.2 Å². The fraction of sp³-hybridized carbons (Fsp3) is 0.545. The molecule has 0 aliphatic carbocycles. The number of aromatic nitrogens is 1. The van der Waals surface area contributed by atoms with Gasteiger partial charge in [-0.25, -0.2) is 18.1 Å². The number of aryl methyl sites for hydroxylation is 2. The van der Waals surface area contributed by atoms with Crippen LogP contribution in [0, 0.1) is 33.6 Å². The molecule has 31 heavy (non-hydrogen) atoms. The number of amides is 1. The van der Waals surface area contributed by atoms with E-state index in [1.165, 1.54) is 0 Å². The molecule has 1 aliphatic rings. The molecule has 1 unspecified atom stereocenters. The van der Waals surface area contributed by atoms with Crippen LogP contribution in [0.2, 0.25) is 0 Å². The first-order valence-electron chi connectivity index (χ1n) is 10.7. The molecule has 3 rings (SSSR count). The lowest BCUT2D eigenvalue weighted by atomic mass is 9.98. The van der Waals surface area contributed by atoms with Gasteiger partial charge in [0.25, 0.3) is 0 Å². The van der Waals surface area contributed by atoms with E-state index in [1.807, 2.05) is 45.3 Å². The number of piperidine rings is 1. The van der Waals surface area contributed by atoms with Crippen molar-refractivity contribution in [2.45, 2.75) is 51.9 Å². The fourth-order valence-electron chi connectivity index (χ4n) is 4.08. The molecule has 0 saturated carbocycles. The molecule has 1 aromatic carbocycles. The van der Waals surface area contributed by atoms with Gasteiger partial charge >= 0.3 is 0 Å². The fourth-order valence-corrected chi connectivity index (χ4v) is 6.40. The Labute approximate surface area is 189 Å². The highest BCUT2D eigenvalue weighted by molar-refractivity contribution is 7.89. The van der Waals surface area contributed by atoms with Crippen molar-refractivity contribution >= 4 is 32.4 Å². The summed E-state index contributed by atoms with van der Waals surface area (Å²) in [5.41, 5.74) is 3.39. The van der Waals surface area contributed by atoms with Crippen molar-refractivity contribution in [3.63, 3.8) is 0 Å². The molecule has 0 bridgehead atoms. The van der Waals surface area contributed by atoms with E-state index in [0.29, 0.717) is 17.4 Å². The summed E-state index contributed by atoms with van der Waals surface area (Å²) in [5.74, 6) is 0.238. The van der Waals surface area contributed by atoms with Crippen molar-refractivity contribution in [3.8, 4) is 0 Å². The van der Waals surface area contributed by atoms with Crippen LogP contribution < -0.4 is 14.9 Å². The van der Waals surface area contributed by atoms with Gasteiger partial charge in [-0.2, -0.15) is 0 Å². The highest BCUT2D eigenvalue weighted by Crippen LogP contribution is 2.26. The minimum atomic E-state index is -3.67. The molecule has 1 atom stereocenters. The first-order valence-corrected chi connectivity index (χ1v) is 13.0. The van der Waals surface area contributed by atoms with Gasteiger partial charge in [0, 0.05) is 44.2 Å². The molecule has 2 aromatic rings. The summed E-state index contributed by atoms with van der Waals surface area (Å²) in [7, 11) is -3.67. The number of nitrogens with zero attached hydrogens (tertiary/aromatic N) is 2. The van der Waals surface area contributed by atoms with Crippen LogP contribution in [0.3, 0.4) is 0 Å². The monoisotopic (exact) mass is 464 g/mol. The Morgan fingerprint density at radius 3 is 2.58 bits per heavy atom. The molecule has 1 fully saturated rings. The molecular weight excluding hydrogens is 432 g/mol. The summed E-state index contributed by atoms with van der Waals surface area (Å²) < 4.78 is 28.3. The third kappa shape index (κ3) is 5.84. The quantitative estimate of drug-likeness (QED) is 0.626. The Balaban J connectivity index is 1.48. The molecule has 1 aromatic heterocycles. The van der Waals surface area contributed by atoms with Crippen LogP contribution in [-0.2, 0) is 14.8 Å². The van der Waals surface area contributed by atoms with Crippen molar-refractivity contribution in [1.29, 1.82) is 0 Å². The van der Waals surface area contributed by atoms with Crippen LogP contribution in [-0.4, -0.2) is 45.5 Å². The average molecular weight is 465 g/mol. The van der Waals surface area contributed by atoms with Gasteiger partial charge in [0.05, 0.1) is 4.90 Å². The number of rotatable bonds is 8. The molecule has 1 aliphatic heterocycles. The Bertz CT molecular complexity index is 994. The van der Waals surface area contributed by atoms with Gasteiger partial charge in [0.2, 0.25) is 15.9 Å². The first-order chi connectivity index (χ1) is 14.7. The maximum atomic E-state index is 12.9. The van der Waals surface area contributed by atoms with Gasteiger partial charge in [-0.3, -0.25) is 4.79 Å². The molecule has 2 N–H and O–H groups in total. The van der Waals surface area contributed by atoms with E-state index in [0.717, 1.165) is 53.3 Å². The second-order valence-corrected chi connectivity index (χ2v) is 10.9. The molecule has 9 heteroatoms. The Kier molecular flexibility index (Phi) is 7.72. The zero-order valence-electron chi connectivity index (χ0n) is 18.7. The Hall–Kier alpha value is -1.97. The predicted molar refractivity (Wildman–Crippen MR) is 125 cm³/mol. The van der Waals surface area contributed by atoms with Gasteiger partial charge < -0.3 is 10.2 Å². The summed E-state index contributed by atoms with van der Waals surface area (Å²) in [6.45, 7) is 10.0. The van der Waals surface area contributed by atoms with Crippen LogP contribution in [0.25, 0.3) is 0 Å². The topological polar surface area (TPSA) is 91.4 Å². The van der Waals surface area contributed by atoms with Crippen LogP contribution in [0.5, 0.6) is 0 Å². The lowest BCUT2D eigenvalue weighted by Crippen LogP contribution is -2.41. The third-order valence-electron chi connectivity index (χ3n) is 6.01. The zero-order chi connectivity index (χ0) is 22.6. The van der Waals surface area contributed by atoms with E-state index in [9.17, 15) is 13.2 Å². The minimum absolute atomic E-state index is 0.0793. The molecule has 170 valence electrons. The van der Waals surface area contributed by atoms with Crippen LogP contribution in [0.1, 0.15) is 41.5 Å². The smallest absolute Gasteiger partial charge is 0.241 e. The number of thiazole rings is 1. The minimum Gasteiger partial charge on any atom is -0.356 e. The summed E-state index contributed by atoms with van der Waals surface area (Å²) in [6.07, 6.45) is 4.08. The van der Waals surface area contributed by atoms with Crippen molar-refractivity contribution in [2.75, 3.05) is 31.1 Å². The number of hydrogen-bond acceptors (Lipinski definition) is 6. The van der Waals surface area contributed by atoms with Gasteiger partial charge in [0.15, 0.2) is 5.13 Å². The number of sulfonamides is 1. The number of benzene rings is 1. The SMILES string of the molecule is Cc1cc(C)c(C)c(S(=O)(=O)NCCC(=O)NCC2CCCN(c3nccs3)C2)c1C. The number of anilines is 1. The summed E-state index contributed by atoms with van der Waals surface area (Å²) in [6, 6.07) is 2.00. The zero-order valence-corrected chi connectivity index (χ0v) is 20.3. The molecule has 0 spiro atoms.